The van der Waals surface area contributed by atoms with Crippen LogP contribution in [-0.4, -0.2) is 23.0 Å². The van der Waals surface area contributed by atoms with Gasteiger partial charge in [0, 0.05) is 12.2 Å². The number of halogens is 1. The fourth-order valence-electron chi connectivity index (χ4n) is 2.34. The molecule has 0 aromatic carbocycles. The van der Waals surface area contributed by atoms with Crippen molar-refractivity contribution in [2.75, 3.05) is 13.1 Å². The Morgan fingerprint density at radius 1 is 1.53 bits per heavy atom. The number of rotatable bonds is 3. The minimum absolute atomic E-state index is 0.565. The van der Waals surface area contributed by atoms with Crippen LogP contribution in [0.5, 0.6) is 0 Å². The van der Waals surface area contributed by atoms with Gasteiger partial charge in [-0.25, -0.2) is 4.98 Å². The van der Waals surface area contributed by atoms with Crippen molar-refractivity contribution in [2.24, 2.45) is 0 Å². The molecule has 2 rings (SSSR count). The molecule has 0 saturated carbocycles. The molecule has 0 radical (unpaired) electrons. The SMILES string of the molecule is CCCN1CCC[C@H]1c1ccc(Cl)nc1. The van der Waals surface area contributed by atoms with Gasteiger partial charge in [-0.05, 0) is 44.0 Å². The summed E-state index contributed by atoms with van der Waals surface area (Å²) in [5.74, 6) is 0. The Bertz CT molecular complexity index is 310. The van der Waals surface area contributed by atoms with E-state index in [9.17, 15) is 0 Å². The molecular weight excluding hydrogens is 208 g/mol. The summed E-state index contributed by atoms with van der Waals surface area (Å²) in [6, 6.07) is 4.56. The molecular formula is C12H17ClN2. The summed E-state index contributed by atoms with van der Waals surface area (Å²) < 4.78 is 0. The van der Waals surface area contributed by atoms with E-state index < -0.39 is 0 Å². The van der Waals surface area contributed by atoms with Gasteiger partial charge in [0.15, 0.2) is 0 Å². The average molecular weight is 225 g/mol. The van der Waals surface area contributed by atoms with Crippen LogP contribution in [0.25, 0.3) is 0 Å². The van der Waals surface area contributed by atoms with E-state index in [0.717, 1.165) is 0 Å². The highest BCUT2D eigenvalue weighted by Crippen LogP contribution is 2.31. The maximum Gasteiger partial charge on any atom is 0.129 e. The lowest BCUT2D eigenvalue weighted by Crippen LogP contribution is -2.23. The third-order valence-corrected chi connectivity index (χ3v) is 3.23. The summed E-state index contributed by atoms with van der Waals surface area (Å²) in [6.07, 6.45) is 5.69. The van der Waals surface area contributed by atoms with Crippen molar-refractivity contribution >= 4 is 11.6 Å². The summed E-state index contributed by atoms with van der Waals surface area (Å²) >= 11 is 5.79. The van der Waals surface area contributed by atoms with Gasteiger partial charge in [-0.2, -0.15) is 0 Å². The summed E-state index contributed by atoms with van der Waals surface area (Å²) in [5, 5.41) is 0.582. The number of nitrogens with zero attached hydrogens (tertiary/aromatic N) is 2. The van der Waals surface area contributed by atoms with Crippen molar-refractivity contribution in [3.8, 4) is 0 Å². The molecule has 82 valence electrons. The quantitative estimate of drug-likeness (QED) is 0.733. The predicted octanol–water partition coefficient (Wildman–Crippen LogP) is 3.28. The van der Waals surface area contributed by atoms with E-state index >= 15 is 0 Å². The Morgan fingerprint density at radius 2 is 2.40 bits per heavy atom. The molecule has 2 nitrogen and oxygen atoms in total. The Morgan fingerprint density at radius 3 is 3.07 bits per heavy atom. The second-order valence-corrected chi connectivity index (χ2v) is 4.50. The van der Waals surface area contributed by atoms with Gasteiger partial charge in [-0.3, -0.25) is 4.90 Å². The van der Waals surface area contributed by atoms with Crippen molar-refractivity contribution in [1.29, 1.82) is 0 Å². The molecule has 0 unspecified atom stereocenters. The van der Waals surface area contributed by atoms with Gasteiger partial charge in [0.1, 0.15) is 5.15 Å². The summed E-state index contributed by atoms with van der Waals surface area (Å²) in [4.78, 5) is 6.70. The average Bonchev–Trinajstić information content (AvgIpc) is 2.68. The van der Waals surface area contributed by atoms with E-state index in [1.54, 1.807) is 0 Å². The molecule has 0 aliphatic carbocycles. The molecule has 1 aliphatic rings. The maximum absolute atomic E-state index is 5.79. The van der Waals surface area contributed by atoms with Crippen LogP contribution < -0.4 is 0 Å². The highest BCUT2D eigenvalue weighted by molar-refractivity contribution is 6.29. The van der Waals surface area contributed by atoms with Gasteiger partial charge in [0.25, 0.3) is 0 Å². The lowest BCUT2D eigenvalue weighted by Gasteiger charge is -2.23. The number of aromatic nitrogens is 1. The first kappa shape index (κ1) is 10.9. The molecule has 1 fully saturated rings. The van der Waals surface area contributed by atoms with Crippen LogP contribution in [-0.2, 0) is 0 Å². The summed E-state index contributed by atoms with van der Waals surface area (Å²) in [6.45, 7) is 4.64. The largest absolute Gasteiger partial charge is 0.296 e. The van der Waals surface area contributed by atoms with Gasteiger partial charge in [0.05, 0.1) is 0 Å². The predicted molar refractivity (Wildman–Crippen MR) is 63.1 cm³/mol. The van der Waals surface area contributed by atoms with Crippen LogP contribution >= 0.6 is 11.6 Å². The second kappa shape index (κ2) is 4.95. The van der Waals surface area contributed by atoms with Crippen molar-refractivity contribution in [3.63, 3.8) is 0 Å². The summed E-state index contributed by atoms with van der Waals surface area (Å²) in [5.41, 5.74) is 1.31. The molecule has 0 amide bonds. The maximum atomic E-state index is 5.79. The lowest BCUT2D eigenvalue weighted by molar-refractivity contribution is 0.257. The van der Waals surface area contributed by atoms with Crippen LogP contribution in [0.4, 0.5) is 0 Å². The molecule has 1 saturated heterocycles. The Hall–Kier alpha value is -0.600. The van der Waals surface area contributed by atoms with Crippen LogP contribution in [0.2, 0.25) is 5.15 Å². The minimum atomic E-state index is 0.565. The van der Waals surface area contributed by atoms with Gasteiger partial charge < -0.3 is 0 Å². The Balaban J connectivity index is 2.11. The minimum Gasteiger partial charge on any atom is -0.296 e. The number of likely N-dealkylation sites (tertiary alicyclic amines) is 1. The number of pyridine rings is 1. The van der Waals surface area contributed by atoms with Crippen LogP contribution in [0.15, 0.2) is 18.3 Å². The first-order chi connectivity index (χ1) is 7.31. The van der Waals surface area contributed by atoms with E-state index in [1.807, 2.05) is 12.3 Å². The monoisotopic (exact) mass is 224 g/mol. The van der Waals surface area contributed by atoms with Crippen molar-refractivity contribution in [3.05, 3.63) is 29.0 Å². The van der Waals surface area contributed by atoms with E-state index in [-0.39, 0.29) is 0 Å². The fraction of sp³-hybridized carbons (Fsp3) is 0.583. The smallest absolute Gasteiger partial charge is 0.129 e. The third-order valence-electron chi connectivity index (χ3n) is 3.01. The zero-order valence-corrected chi connectivity index (χ0v) is 9.87. The van der Waals surface area contributed by atoms with Crippen LogP contribution in [0.3, 0.4) is 0 Å². The van der Waals surface area contributed by atoms with E-state index in [0.29, 0.717) is 11.2 Å². The molecule has 0 spiro atoms. The van der Waals surface area contributed by atoms with E-state index in [1.165, 1.54) is 37.9 Å². The van der Waals surface area contributed by atoms with Crippen molar-refractivity contribution in [1.82, 2.24) is 9.88 Å². The Kier molecular flexibility index (Phi) is 3.60. The summed E-state index contributed by atoms with van der Waals surface area (Å²) in [7, 11) is 0. The van der Waals surface area contributed by atoms with Crippen LogP contribution in [0.1, 0.15) is 37.8 Å². The molecule has 1 aromatic rings. The first-order valence-corrected chi connectivity index (χ1v) is 6.04. The molecule has 3 heteroatoms. The standard InChI is InChI=1S/C12H17ClN2/c1-2-7-15-8-3-4-11(15)10-5-6-12(13)14-9-10/h5-6,9,11H,2-4,7-8H2,1H3/t11-/m0/s1. The zero-order valence-electron chi connectivity index (χ0n) is 9.12. The zero-order chi connectivity index (χ0) is 10.7. The second-order valence-electron chi connectivity index (χ2n) is 4.11. The van der Waals surface area contributed by atoms with Crippen molar-refractivity contribution in [2.45, 2.75) is 32.2 Å². The van der Waals surface area contributed by atoms with E-state index in [2.05, 4.69) is 22.9 Å². The normalized spacial score (nSPS) is 22.1. The van der Waals surface area contributed by atoms with Crippen molar-refractivity contribution < 1.29 is 0 Å². The Labute approximate surface area is 96.3 Å². The highest BCUT2D eigenvalue weighted by Gasteiger charge is 2.24. The lowest BCUT2D eigenvalue weighted by atomic mass is 10.1. The number of hydrogen-bond donors (Lipinski definition) is 0. The molecule has 1 aliphatic heterocycles. The molecule has 0 bridgehead atoms. The van der Waals surface area contributed by atoms with Gasteiger partial charge in [0.2, 0.25) is 0 Å². The molecule has 2 heterocycles. The topological polar surface area (TPSA) is 16.1 Å². The molecule has 1 atom stereocenters. The highest BCUT2D eigenvalue weighted by atomic mass is 35.5. The fourth-order valence-corrected chi connectivity index (χ4v) is 2.45. The first-order valence-electron chi connectivity index (χ1n) is 5.66. The number of hydrogen-bond acceptors (Lipinski definition) is 2. The third kappa shape index (κ3) is 2.50. The van der Waals surface area contributed by atoms with Gasteiger partial charge >= 0.3 is 0 Å². The van der Waals surface area contributed by atoms with Crippen LogP contribution in [0, 0.1) is 0 Å². The van der Waals surface area contributed by atoms with Gasteiger partial charge in [-0.1, -0.05) is 24.6 Å². The molecule has 1 aromatic heterocycles. The van der Waals surface area contributed by atoms with Gasteiger partial charge in [-0.15, -0.1) is 0 Å². The van der Waals surface area contributed by atoms with E-state index in [4.69, 9.17) is 11.6 Å². The molecule has 0 N–H and O–H groups in total. The molecule has 15 heavy (non-hydrogen) atoms.